The molecule has 3 saturated carbocycles. The molecule has 5 fully saturated rings. The molecule has 2 saturated heterocycles. The molecular formula is C21H30O4. The Balaban J connectivity index is 1.39. The van der Waals surface area contributed by atoms with Crippen LogP contribution >= 0.6 is 0 Å². The molecule has 1 spiro atoms. The third kappa shape index (κ3) is 1.69. The molecule has 4 nitrogen and oxygen atoms in total. The number of fused-ring (bicyclic) bond motifs is 3. The summed E-state index contributed by atoms with van der Waals surface area (Å²) in [4.78, 5) is 0. The number of rotatable bonds is 0. The zero-order chi connectivity index (χ0) is 17.1. The van der Waals surface area contributed by atoms with Gasteiger partial charge in [0.25, 0.3) is 0 Å². The van der Waals surface area contributed by atoms with Gasteiger partial charge in [0.1, 0.15) is 11.2 Å². The first-order valence-electron chi connectivity index (χ1n) is 10.3. The van der Waals surface area contributed by atoms with Crippen molar-refractivity contribution in [3.63, 3.8) is 0 Å². The Labute approximate surface area is 149 Å². The number of hydrogen-bond acceptors (Lipinski definition) is 4. The van der Waals surface area contributed by atoms with Gasteiger partial charge >= 0.3 is 0 Å². The number of ether oxygens (including phenoxy) is 3. The maximum Gasteiger partial charge on any atom is 0.171 e. The third-order valence-corrected chi connectivity index (χ3v) is 8.94. The fraction of sp³-hybridized carbons (Fsp3) is 0.905. The smallest absolute Gasteiger partial charge is 0.171 e. The minimum atomic E-state index is -0.375. The summed E-state index contributed by atoms with van der Waals surface area (Å²) in [5.74, 6) is 1.43. The van der Waals surface area contributed by atoms with Crippen LogP contribution in [0, 0.1) is 23.2 Å². The summed E-state index contributed by atoms with van der Waals surface area (Å²) >= 11 is 0. The molecule has 0 radical (unpaired) electrons. The topological polar surface area (TPSA) is 51.2 Å². The summed E-state index contributed by atoms with van der Waals surface area (Å²) in [5.41, 5.74) is 1.55. The monoisotopic (exact) mass is 346 g/mol. The normalized spacial score (nSPS) is 58.1. The van der Waals surface area contributed by atoms with Crippen molar-refractivity contribution in [1.82, 2.24) is 0 Å². The Bertz CT molecular complexity index is 652. The van der Waals surface area contributed by atoms with E-state index < -0.39 is 0 Å². The Morgan fingerprint density at radius 1 is 1.16 bits per heavy atom. The molecule has 25 heavy (non-hydrogen) atoms. The van der Waals surface area contributed by atoms with Gasteiger partial charge < -0.3 is 19.3 Å². The van der Waals surface area contributed by atoms with Crippen LogP contribution in [0.25, 0.3) is 0 Å². The molecule has 0 amide bonds. The van der Waals surface area contributed by atoms with E-state index >= 15 is 0 Å². The molecule has 0 aromatic rings. The highest BCUT2D eigenvalue weighted by Crippen LogP contribution is 2.74. The maximum atomic E-state index is 10.6. The van der Waals surface area contributed by atoms with E-state index in [-0.39, 0.29) is 28.5 Å². The number of aliphatic hydroxyl groups excluding tert-OH is 1. The lowest BCUT2D eigenvalue weighted by atomic mass is 9.51. The zero-order valence-electron chi connectivity index (χ0n) is 15.4. The molecule has 1 N–H and O–H groups in total. The van der Waals surface area contributed by atoms with Crippen LogP contribution in [0.3, 0.4) is 0 Å². The van der Waals surface area contributed by atoms with Crippen molar-refractivity contribution >= 4 is 0 Å². The van der Waals surface area contributed by atoms with Crippen molar-refractivity contribution in [3.05, 3.63) is 11.6 Å². The molecule has 138 valence electrons. The van der Waals surface area contributed by atoms with Gasteiger partial charge in [0.2, 0.25) is 0 Å². The molecule has 7 atom stereocenters. The second-order valence-electron chi connectivity index (χ2n) is 9.98. The summed E-state index contributed by atoms with van der Waals surface area (Å²) in [7, 11) is 0. The van der Waals surface area contributed by atoms with E-state index in [9.17, 15) is 5.11 Å². The van der Waals surface area contributed by atoms with Crippen LogP contribution in [0.15, 0.2) is 11.6 Å². The van der Waals surface area contributed by atoms with Crippen molar-refractivity contribution in [2.24, 2.45) is 23.2 Å². The van der Waals surface area contributed by atoms with Crippen molar-refractivity contribution in [3.8, 4) is 0 Å². The maximum absolute atomic E-state index is 10.6. The van der Waals surface area contributed by atoms with Gasteiger partial charge in [-0.1, -0.05) is 19.9 Å². The molecule has 6 aliphatic rings. The van der Waals surface area contributed by atoms with E-state index in [2.05, 4.69) is 19.9 Å². The van der Waals surface area contributed by atoms with Crippen LogP contribution in [-0.2, 0) is 14.2 Å². The number of hydrogen-bond donors (Lipinski definition) is 1. The van der Waals surface area contributed by atoms with Gasteiger partial charge in [0, 0.05) is 18.3 Å². The molecule has 0 bridgehead atoms. The summed E-state index contributed by atoms with van der Waals surface area (Å²) in [6, 6.07) is 0. The molecular weight excluding hydrogens is 316 g/mol. The second-order valence-corrected chi connectivity index (χ2v) is 9.98. The van der Waals surface area contributed by atoms with E-state index in [0.717, 1.165) is 51.7 Å². The molecule has 2 aliphatic heterocycles. The highest BCUT2D eigenvalue weighted by molar-refractivity contribution is 5.43. The van der Waals surface area contributed by atoms with Crippen LogP contribution in [0.4, 0.5) is 0 Å². The molecule has 2 heterocycles. The first kappa shape index (κ1) is 15.6. The summed E-state index contributed by atoms with van der Waals surface area (Å²) in [6.07, 6.45) is 9.50. The van der Waals surface area contributed by atoms with Crippen LogP contribution < -0.4 is 0 Å². The predicted octanol–water partition coefficient (Wildman–Crippen LogP) is 3.18. The van der Waals surface area contributed by atoms with Crippen LogP contribution in [0.1, 0.15) is 58.8 Å². The van der Waals surface area contributed by atoms with E-state index in [1.807, 2.05) is 0 Å². The number of aliphatic hydroxyl groups is 1. The molecule has 6 rings (SSSR count). The minimum absolute atomic E-state index is 0.0421. The summed E-state index contributed by atoms with van der Waals surface area (Å²) < 4.78 is 18.7. The highest BCUT2D eigenvalue weighted by Gasteiger charge is 2.80. The first-order valence-corrected chi connectivity index (χ1v) is 10.3. The van der Waals surface area contributed by atoms with Gasteiger partial charge in [-0.15, -0.1) is 0 Å². The van der Waals surface area contributed by atoms with Gasteiger partial charge in [-0.25, -0.2) is 0 Å². The lowest BCUT2D eigenvalue weighted by molar-refractivity contribution is -0.186. The van der Waals surface area contributed by atoms with E-state index in [0.29, 0.717) is 17.8 Å². The van der Waals surface area contributed by atoms with E-state index in [1.165, 1.54) is 6.42 Å². The Kier molecular flexibility index (Phi) is 2.82. The number of allylic oxidation sites excluding steroid dienone is 1. The summed E-state index contributed by atoms with van der Waals surface area (Å²) in [6.45, 7) is 6.18. The first-order chi connectivity index (χ1) is 11.9. The van der Waals surface area contributed by atoms with Crippen LogP contribution in [0.5, 0.6) is 0 Å². The third-order valence-electron chi connectivity index (χ3n) is 8.94. The van der Waals surface area contributed by atoms with Crippen LogP contribution in [-0.4, -0.2) is 41.4 Å². The Morgan fingerprint density at radius 3 is 2.76 bits per heavy atom. The highest BCUT2D eigenvalue weighted by atomic mass is 16.7. The SMILES string of the molecule is C[C@@H]1C[C@@]23CC4(CC[C@@]2(O3)C2=CC[C@]3(C)[C@@H](O)CC[C@H]3[C@@H]21)OCCO4. The standard InChI is InChI=1S/C21H30O4/c1-13-11-19-12-20(23-9-10-24-20)7-8-21(19,25-19)15-5-6-18(2)14(17(13)15)3-4-16(18)22/h5,13-14,16-17,22H,3-4,6-12H2,1-2H3/t13-,14+,16+,17+,18+,19-,21-/m1/s1. The predicted molar refractivity (Wildman–Crippen MR) is 91.8 cm³/mol. The molecule has 0 aromatic heterocycles. The van der Waals surface area contributed by atoms with E-state index in [4.69, 9.17) is 14.2 Å². The zero-order valence-corrected chi connectivity index (χ0v) is 15.4. The lowest BCUT2D eigenvalue weighted by Gasteiger charge is -2.52. The lowest BCUT2D eigenvalue weighted by Crippen LogP contribution is -2.54. The van der Waals surface area contributed by atoms with Gasteiger partial charge in [-0.05, 0) is 55.4 Å². The van der Waals surface area contributed by atoms with Crippen molar-refractivity contribution in [1.29, 1.82) is 0 Å². The molecule has 0 unspecified atom stereocenters. The Hall–Kier alpha value is -0.420. The van der Waals surface area contributed by atoms with Crippen molar-refractivity contribution in [2.45, 2.75) is 81.9 Å². The average molecular weight is 346 g/mol. The fourth-order valence-electron chi connectivity index (χ4n) is 7.73. The van der Waals surface area contributed by atoms with Gasteiger partial charge in [-0.2, -0.15) is 0 Å². The van der Waals surface area contributed by atoms with Crippen molar-refractivity contribution in [2.75, 3.05) is 13.2 Å². The van der Waals surface area contributed by atoms with Gasteiger partial charge in [-0.3, -0.25) is 0 Å². The van der Waals surface area contributed by atoms with E-state index in [1.54, 1.807) is 5.57 Å². The van der Waals surface area contributed by atoms with Crippen LogP contribution in [0.2, 0.25) is 0 Å². The Morgan fingerprint density at radius 2 is 1.96 bits per heavy atom. The summed E-state index contributed by atoms with van der Waals surface area (Å²) in [5, 5.41) is 10.6. The average Bonchev–Trinajstić information content (AvgIpc) is 2.84. The fourth-order valence-corrected chi connectivity index (χ4v) is 7.73. The molecule has 0 aromatic carbocycles. The second kappa shape index (κ2) is 4.52. The molecule has 4 heteroatoms. The minimum Gasteiger partial charge on any atom is -0.393 e. The quantitative estimate of drug-likeness (QED) is 0.541. The van der Waals surface area contributed by atoms with Gasteiger partial charge in [0.15, 0.2) is 5.79 Å². The van der Waals surface area contributed by atoms with Gasteiger partial charge in [0.05, 0.1) is 19.3 Å². The van der Waals surface area contributed by atoms with Crippen molar-refractivity contribution < 1.29 is 19.3 Å². The molecule has 4 aliphatic carbocycles. The largest absolute Gasteiger partial charge is 0.393 e. The number of epoxide rings is 1.